The third kappa shape index (κ3) is 5.95. The zero-order valence-electron chi connectivity index (χ0n) is 14.8. The lowest BCUT2D eigenvalue weighted by Gasteiger charge is -2.20. The number of thiazole rings is 1. The molecule has 5 nitrogen and oxygen atoms in total. The summed E-state index contributed by atoms with van der Waals surface area (Å²) in [6, 6.07) is 11.9. The van der Waals surface area contributed by atoms with Gasteiger partial charge in [-0.2, -0.15) is 0 Å². The fraction of sp³-hybridized carbons (Fsp3) is 0.263. The number of carbonyl (C=O) groups is 1. The number of hydrogen-bond donors (Lipinski definition) is 1. The highest BCUT2D eigenvalue weighted by atomic mass is 35.5. The van der Waals surface area contributed by atoms with Crippen LogP contribution in [-0.2, 0) is 11.3 Å². The highest BCUT2D eigenvalue weighted by Crippen LogP contribution is 2.30. The first-order valence-corrected chi connectivity index (χ1v) is 10.1. The molecular formula is C19H21ClN2O3S2. The third-order valence-corrected chi connectivity index (χ3v) is 5.51. The summed E-state index contributed by atoms with van der Waals surface area (Å²) in [6.45, 7) is 3.70. The van der Waals surface area contributed by atoms with Gasteiger partial charge in [0, 0.05) is 22.4 Å². The van der Waals surface area contributed by atoms with Crippen molar-refractivity contribution >= 4 is 46.2 Å². The Morgan fingerprint density at radius 3 is 2.63 bits per heavy atom. The lowest BCUT2D eigenvalue weighted by molar-refractivity contribution is -0.136. The molecule has 0 aliphatic rings. The van der Waals surface area contributed by atoms with Gasteiger partial charge in [-0.3, -0.25) is 4.79 Å². The normalized spacial score (nSPS) is 10.3. The van der Waals surface area contributed by atoms with E-state index in [9.17, 15) is 4.79 Å². The average Bonchev–Trinajstić information content (AvgIpc) is 3.31. The molecule has 0 amide bonds. The molecule has 1 N–H and O–H groups in total. The summed E-state index contributed by atoms with van der Waals surface area (Å²) in [4.78, 5) is 18.9. The van der Waals surface area contributed by atoms with Crippen LogP contribution in [0.5, 0.6) is 5.75 Å². The van der Waals surface area contributed by atoms with Crippen LogP contribution in [0.25, 0.3) is 11.3 Å². The Hall–Kier alpha value is -2.09. The predicted octanol–water partition coefficient (Wildman–Crippen LogP) is 5.17. The Labute approximate surface area is 172 Å². The molecule has 2 aromatic heterocycles. The molecule has 8 heteroatoms. The van der Waals surface area contributed by atoms with Gasteiger partial charge in [0.05, 0.1) is 25.3 Å². The minimum atomic E-state index is -0.801. The average molecular weight is 425 g/mol. The number of halogens is 1. The van der Waals surface area contributed by atoms with Gasteiger partial charge >= 0.3 is 5.97 Å². The van der Waals surface area contributed by atoms with E-state index >= 15 is 0 Å². The van der Waals surface area contributed by atoms with E-state index in [0.717, 1.165) is 22.1 Å². The van der Waals surface area contributed by atoms with Gasteiger partial charge in [-0.05, 0) is 42.6 Å². The number of thiophene rings is 1. The molecule has 144 valence electrons. The van der Waals surface area contributed by atoms with Crippen LogP contribution in [0, 0.1) is 0 Å². The first kappa shape index (κ1) is 21.2. The standard InChI is InChI=1S/C19H20N2O3S2.ClH/c1-2-24-15-7-5-14(6-8-15)17-13-26-19(20-17)21(10-9-18(22)23)12-16-4-3-11-25-16;/h3-8,11,13H,2,9-10,12H2,1H3,(H,22,23);1H. The van der Waals surface area contributed by atoms with Gasteiger partial charge < -0.3 is 14.7 Å². The van der Waals surface area contributed by atoms with E-state index < -0.39 is 5.97 Å². The molecule has 0 radical (unpaired) electrons. The largest absolute Gasteiger partial charge is 0.494 e. The van der Waals surface area contributed by atoms with Crippen LogP contribution in [0.3, 0.4) is 0 Å². The molecule has 0 unspecified atom stereocenters. The van der Waals surface area contributed by atoms with Crippen LogP contribution in [0.15, 0.2) is 47.2 Å². The number of anilines is 1. The Morgan fingerprint density at radius 2 is 2.00 bits per heavy atom. The number of benzene rings is 1. The number of rotatable bonds is 9. The van der Waals surface area contributed by atoms with Crippen LogP contribution in [0.2, 0.25) is 0 Å². The van der Waals surface area contributed by atoms with E-state index in [1.165, 1.54) is 16.2 Å². The summed E-state index contributed by atoms with van der Waals surface area (Å²) in [6.07, 6.45) is 0.0866. The molecule has 0 saturated heterocycles. The second-order valence-electron chi connectivity index (χ2n) is 5.62. The fourth-order valence-electron chi connectivity index (χ4n) is 2.49. The third-order valence-electron chi connectivity index (χ3n) is 3.75. The maximum Gasteiger partial charge on any atom is 0.305 e. The number of aliphatic carboxylic acids is 1. The van der Waals surface area contributed by atoms with E-state index in [4.69, 9.17) is 14.8 Å². The van der Waals surface area contributed by atoms with E-state index in [1.54, 1.807) is 11.3 Å². The molecule has 1 aromatic carbocycles. The van der Waals surface area contributed by atoms with Crippen molar-refractivity contribution in [1.82, 2.24) is 4.98 Å². The highest BCUT2D eigenvalue weighted by molar-refractivity contribution is 7.14. The number of nitrogens with zero attached hydrogens (tertiary/aromatic N) is 2. The Balaban J connectivity index is 0.00000261. The summed E-state index contributed by atoms with van der Waals surface area (Å²) in [7, 11) is 0. The predicted molar refractivity (Wildman–Crippen MR) is 114 cm³/mol. The maximum atomic E-state index is 11.0. The minimum absolute atomic E-state index is 0. The SMILES string of the molecule is CCOc1ccc(-c2csc(N(CCC(=O)O)Cc3cccs3)n2)cc1.Cl. The second-order valence-corrected chi connectivity index (χ2v) is 7.49. The molecule has 0 atom stereocenters. The first-order chi connectivity index (χ1) is 12.7. The molecule has 0 aliphatic carbocycles. The zero-order valence-corrected chi connectivity index (χ0v) is 17.3. The number of hydrogen-bond acceptors (Lipinski definition) is 6. The van der Waals surface area contributed by atoms with Crippen molar-refractivity contribution in [2.75, 3.05) is 18.1 Å². The van der Waals surface area contributed by atoms with Crippen molar-refractivity contribution in [3.05, 3.63) is 52.0 Å². The number of carboxylic acid groups (broad SMARTS) is 1. The van der Waals surface area contributed by atoms with Gasteiger partial charge in [0.2, 0.25) is 0 Å². The smallest absolute Gasteiger partial charge is 0.305 e. The highest BCUT2D eigenvalue weighted by Gasteiger charge is 2.15. The minimum Gasteiger partial charge on any atom is -0.494 e. The molecule has 0 bridgehead atoms. The van der Waals surface area contributed by atoms with Gasteiger partial charge in [-0.25, -0.2) is 4.98 Å². The Kier molecular flexibility index (Phi) is 8.09. The van der Waals surface area contributed by atoms with E-state index in [1.807, 2.05) is 52.9 Å². The molecule has 27 heavy (non-hydrogen) atoms. The maximum absolute atomic E-state index is 11.0. The number of carboxylic acids is 1. The molecule has 0 saturated carbocycles. The molecule has 0 fully saturated rings. The van der Waals surface area contributed by atoms with Crippen molar-refractivity contribution in [3.8, 4) is 17.0 Å². The fourth-order valence-corrected chi connectivity index (χ4v) is 4.08. The van der Waals surface area contributed by atoms with Gasteiger partial charge in [0.15, 0.2) is 5.13 Å². The quantitative estimate of drug-likeness (QED) is 0.513. The van der Waals surface area contributed by atoms with Crippen LogP contribution in [0.4, 0.5) is 5.13 Å². The monoisotopic (exact) mass is 424 g/mol. The summed E-state index contributed by atoms with van der Waals surface area (Å²) >= 11 is 3.20. The molecule has 0 aliphatic heterocycles. The van der Waals surface area contributed by atoms with Crippen molar-refractivity contribution < 1.29 is 14.6 Å². The van der Waals surface area contributed by atoms with E-state index in [0.29, 0.717) is 19.7 Å². The van der Waals surface area contributed by atoms with Crippen LogP contribution >= 0.6 is 35.1 Å². The lowest BCUT2D eigenvalue weighted by Crippen LogP contribution is -2.25. The van der Waals surface area contributed by atoms with Crippen molar-refractivity contribution in [2.24, 2.45) is 0 Å². The topological polar surface area (TPSA) is 62.7 Å². The Bertz CT molecular complexity index is 835. The Morgan fingerprint density at radius 1 is 1.22 bits per heavy atom. The molecule has 3 rings (SSSR count). The summed E-state index contributed by atoms with van der Waals surface area (Å²) < 4.78 is 5.47. The van der Waals surface area contributed by atoms with Gasteiger partial charge in [0.1, 0.15) is 5.75 Å². The molecule has 0 spiro atoms. The summed E-state index contributed by atoms with van der Waals surface area (Å²) in [5.41, 5.74) is 1.91. The van der Waals surface area contributed by atoms with Crippen LogP contribution < -0.4 is 9.64 Å². The molecule has 3 aromatic rings. The van der Waals surface area contributed by atoms with Crippen molar-refractivity contribution in [1.29, 1.82) is 0 Å². The molecule has 2 heterocycles. The van der Waals surface area contributed by atoms with Gasteiger partial charge in [-0.1, -0.05) is 6.07 Å². The second kappa shape index (κ2) is 10.3. The summed E-state index contributed by atoms with van der Waals surface area (Å²) in [5.74, 6) is 0.0388. The van der Waals surface area contributed by atoms with Gasteiger partial charge in [0.25, 0.3) is 0 Å². The van der Waals surface area contributed by atoms with Crippen molar-refractivity contribution in [3.63, 3.8) is 0 Å². The summed E-state index contributed by atoms with van der Waals surface area (Å²) in [5, 5.41) is 13.9. The molecular weight excluding hydrogens is 404 g/mol. The van der Waals surface area contributed by atoms with E-state index in [-0.39, 0.29) is 18.8 Å². The number of ether oxygens (including phenoxy) is 1. The van der Waals surface area contributed by atoms with Crippen LogP contribution in [-0.4, -0.2) is 29.2 Å². The lowest BCUT2D eigenvalue weighted by atomic mass is 10.2. The van der Waals surface area contributed by atoms with Gasteiger partial charge in [-0.15, -0.1) is 35.1 Å². The first-order valence-electron chi connectivity index (χ1n) is 8.33. The van der Waals surface area contributed by atoms with Crippen LogP contribution in [0.1, 0.15) is 18.2 Å². The number of aromatic nitrogens is 1. The van der Waals surface area contributed by atoms with Crippen molar-refractivity contribution in [2.45, 2.75) is 19.9 Å². The zero-order chi connectivity index (χ0) is 18.4. The van der Waals surface area contributed by atoms with E-state index in [2.05, 4.69) is 6.07 Å².